The molecular formula is C89H152O5. The van der Waals surface area contributed by atoms with Gasteiger partial charge in [0.05, 0.1) is 6.61 Å². The molecule has 0 aliphatic heterocycles. The third-order valence-corrected chi connectivity index (χ3v) is 17.6. The standard InChI is InChI=1S/C89H152O5/c1-3-5-7-9-11-13-15-17-19-21-23-25-27-29-31-33-35-37-39-41-43-44-46-48-50-52-54-56-58-60-62-64-66-68-70-72-74-76-78-80-82-84-89(92)94-87(85-90)86-93-88(91)83-81-79-77-75-73-71-69-67-65-63-61-59-57-55-53-51-49-47-45-42-40-38-36-34-32-30-28-26-24-22-20-18-16-14-12-10-8-6-4-2/h5,7,11,13,17,19,23,25,29,31,35,37,41,43,46,48,52,54,58,60,64,66,70,72,87,90H,3-4,6,8-10,12,14-16,18,20-22,24,26-28,30,32-34,36,38-40,42,44-45,47,49-51,53,55-57,59,61-63,65,67-69,71,73-86H2,1-2H3/b7-5-,13-11-,19-17-,25-23-,31-29-,37-35-,43-41-,48-46-,54-52-,60-58-,66-64-,72-70-. The van der Waals surface area contributed by atoms with Gasteiger partial charge in [0.15, 0.2) is 6.10 Å². The van der Waals surface area contributed by atoms with E-state index < -0.39 is 6.10 Å². The molecule has 0 heterocycles. The Hall–Kier alpha value is -4.22. The van der Waals surface area contributed by atoms with Crippen LogP contribution in [0.15, 0.2) is 146 Å². The summed E-state index contributed by atoms with van der Waals surface area (Å²) >= 11 is 0. The lowest BCUT2D eigenvalue weighted by Crippen LogP contribution is -2.28. The molecule has 0 saturated heterocycles. The van der Waals surface area contributed by atoms with Crippen molar-refractivity contribution in [3.05, 3.63) is 146 Å². The first-order valence-corrected chi connectivity index (χ1v) is 40.4. The number of aliphatic hydroxyl groups excluding tert-OH is 1. The van der Waals surface area contributed by atoms with Crippen LogP contribution in [0.5, 0.6) is 0 Å². The minimum atomic E-state index is -0.796. The predicted molar refractivity (Wildman–Crippen MR) is 417 cm³/mol. The molecule has 0 aromatic heterocycles. The number of hydrogen-bond donors (Lipinski definition) is 1. The van der Waals surface area contributed by atoms with Crippen LogP contribution >= 0.6 is 0 Å². The van der Waals surface area contributed by atoms with Crippen LogP contribution < -0.4 is 0 Å². The summed E-state index contributed by atoms with van der Waals surface area (Å²) in [5, 5.41) is 9.72. The Balaban J connectivity index is 3.52. The molecule has 0 saturated carbocycles. The number of allylic oxidation sites excluding steroid dienone is 24. The van der Waals surface area contributed by atoms with Crippen molar-refractivity contribution in [2.45, 2.75) is 392 Å². The zero-order valence-electron chi connectivity index (χ0n) is 61.9. The molecule has 1 unspecified atom stereocenters. The van der Waals surface area contributed by atoms with Crippen LogP contribution in [-0.2, 0) is 19.1 Å². The quantitative estimate of drug-likeness (QED) is 0.0373. The van der Waals surface area contributed by atoms with Crippen LogP contribution in [0.4, 0.5) is 0 Å². The van der Waals surface area contributed by atoms with Crippen LogP contribution in [0.3, 0.4) is 0 Å². The number of unbranched alkanes of at least 4 members (excludes halogenated alkanes) is 42. The van der Waals surface area contributed by atoms with Gasteiger partial charge in [-0.1, -0.05) is 417 Å². The van der Waals surface area contributed by atoms with Gasteiger partial charge >= 0.3 is 11.9 Å². The zero-order valence-corrected chi connectivity index (χ0v) is 61.9. The van der Waals surface area contributed by atoms with Gasteiger partial charge in [-0.2, -0.15) is 0 Å². The molecule has 0 spiro atoms. The molecule has 5 nitrogen and oxygen atoms in total. The lowest BCUT2D eigenvalue weighted by atomic mass is 10.0. The second-order valence-corrected chi connectivity index (χ2v) is 26.8. The fraction of sp³-hybridized carbons (Fsp3) is 0.708. The average Bonchev–Trinajstić information content (AvgIpc) is 3.77. The molecule has 0 radical (unpaired) electrons. The van der Waals surface area contributed by atoms with Gasteiger partial charge in [0.2, 0.25) is 0 Å². The Morgan fingerprint density at radius 3 is 0.691 bits per heavy atom. The molecule has 0 aliphatic rings. The monoisotopic (exact) mass is 1300 g/mol. The SMILES string of the molecule is CC/C=C\C/C=C\C/C=C\C/C=C\C/C=C\C/C=C\C/C=C\C/C=C\C/C=C\C/C=C\C/C=C\C/C=C\CCCCCCC(=O)OC(CO)COC(=O)CCCCCCCCCCCCCCCCCCCCCCCCCCCCCCCCCCCCCCCCC. The second-order valence-electron chi connectivity index (χ2n) is 26.8. The maximum absolute atomic E-state index is 12.4. The number of ether oxygens (including phenoxy) is 2. The highest BCUT2D eigenvalue weighted by atomic mass is 16.6. The second kappa shape index (κ2) is 83.0. The molecule has 0 bridgehead atoms. The van der Waals surface area contributed by atoms with Gasteiger partial charge in [0.1, 0.15) is 6.61 Å². The van der Waals surface area contributed by atoms with E-state index in [-0.39, 0.29) is 25.2 Å². The highest BCUT2D eigenvalue weighted by Gasteiger charge is 2.16. The molecule has 0 rings (SSSR count). The van der Waals surface area contributed by atoms with E-state index in [2.05, 4.69) is 160 Å². The number of aliphatic hydroxyl groups is 1. The summed E-state index contributed by atoms with van der Waals surface area (Å²) in [5.41, 5.74) is 0. The van der Waals surface area contributed by atoms with E-state index in [1.165, 1.54) is 231 Å². The number of carbonyl (C=O) groups excluding carboxylic acids is 2. The fourth-order valence-corrected chi connectivity index (χ4v) is 11.7. The van der Waals surface area contributed by atoms with Crippen molar-refractivity contribution in [3.8, 4) is 0 Å². The van der Waals surface area contributed by atoms with Gasteiger partial charge in [0, 0.05) is 12.8 Å². The Morgan fingerprint density at radius 2 is 0.457 bits per heavy atom. The summed E-state index contributed by atoms with van der Waals surface area (Å²) in [6.07, 6.45) is 125. The van der Waals surface area contributed by atoms with Crippen molar-refractivity contribution in [3.63, 3.8) is 0 Å². The fourth-order valence-electron chi connectivity index (χ4n) is 11.7. The molecule has 1 N–H and O–H groups in total. The first kappa shape index (κ1) is 89.8. The van der Waals surface area contributed by atoms with E-state index in [9.17, 15) is 14.7 Å². The maximum atomic E-state index is 12.4. The van der Waals surface area contributed by atoms with E-state index in [1.54, 1.807) is 0 Å². The van der Waals surface area contributed by atoms with Crippen LogP contribution in [0.2, 0.25) is 0 Å². The van der Waals surface area contributed by atoms with Crippen LogP contribution in [0, 0.1) is 0 Å². The summed E-state index contributed by atoms with van der Waals surface area (Å²) in [6.45, 7) is 4.04. The minimum Gasteiger partial charge on any atom is -0.462 e. The highest BCUT2D eigenvalue weighted by Crippen LogP contribution is 2.19. The van der Waals surface area contributed by atoms with Crippen LogP contribution in [0.1, 0.15) is 386 Å². The third-order valence-electron chi connectivity index (χ3n) is 17.6. The van der Waals surface area contributed by atoms with E-state index in [0.717, 1.165) is 128 Å². The molecule has 94 heavy (non-hydrogen) atoms. The van der Waals surface area contributed by atoms with E-state index in [1.807, 2.05) is 0 Å². The Morgan fingerprint density at radius 1 is 0.255 bits per heavy atom. The largest absolute Gasteiger partial charge is 0.462 e. The van der Waals surface area contributed by atoms with Crippen molar-refractivity contribution >= 4 is 11.9 Å². The molecule has 1 atom stereocenters. The molecule has 0 aromatic carbocycles. The average molecular weight is 1300 g/mol. The highest BCUT2D eigenvalue weighted by molar-refractivity contribution is 5.70. The van der Waals surface area contributed by atoms with Gasteiger partial charge in [-0.25, -0.2) is 0 Å². The number of hydrogen-bond acceptors (Lipinski definition) is 5. The first-order valence-electron chi connectivity index (χ1n) is 40.4. The van der Waals surface area contributed by atoms with E-state index >= 15 is 0 Å². The minimum absolute atomic E-state index is 0.0809. The van der Waals surface area contributed by atoms with Gasteiger partial charge in [0.25, 0.3) is 0 Å². The summed E-state index contributed by atoms with van der Waals surface area (Å²) in [7, 11) is 0. The Labute approximate surface area is 584 Å². The molecule has 5 heteroatoms. The molecular weight excluding hydrogens is 1150 g/mol. The summed E-state index contributed by atoms with van der Waals surface area (Å²) in [4.78, 5) is 24.7. The lowest BCUT2D eigenvalue weighted by Gasteiger charge is -2.15. The first-order chi connectivity index (χ1) is 46.6. The molecule has 0 fully saturated rings. The summed E-state index contributed by atoms with van der Waals surface area (Å²) < 4.78 is 10.8. The Kier molecular flexibility index (Phi) is 79.3. The molecule has 0 aliphatic carbocycles. The van der Waals surface area contributed by atoms with Crippen molar-refractivity contribution in [1.82, 2.24) is 0 Å². The zero-order chi connectivity index (χ0) is 67.5. The van der Waals surface area contributed by atoms with Gasteiger partial charge in [-0.15, -0.1) is 0 Å². The van der Waals surface area contributed by atoms with E-state index in [0.29, 0.717) is 12.8 Å². The normalized spacial score (nSPS) is 13.0. The summed E-state index contributed by atoms with van der Waals surface area (Å²) in [5.74, 6) is -0.614. The van der Waals surface area contributed by atoms with Gasteiger partial charge in [-0.3, -0.25) is 9.59 Å². The third kappa shape index (κ3) is 80.2. The summed E-state index contributed by atoms with van der Waals surface area (Å²) in [6, 6.07) is 0. The van der Waals surface area contributed by atoms with Crippen molar-refractivity contribution < 1.29 is 24.2 Å². The lowest BCUT2D eigenvalue weighted by molar-refractivity contribution is -0.161. The topological polar surface area (TPSA) is 72.8 Å². The van der Waals surface area contributed by atoms with E-state index in [4.69, 9.17) is 9.47 Å². The van der Waals surface area contributed by atoms with Crippen LogP contribution in [-0.4, -0.2) is 36.4 Å². The maximum Gasteiger partial charge on any atom is 0.306 e. The van der Waals surface area contributed by atoms with Gasteiger partial charge < -0.3 is 14.6 Å². The van der Waals surface area contributed by atoms with Crippen molar-refractivity contribution in [2.24, 2.45) is 0 Å². The smallest absolute Gasteiger partial charge is 0.306 e. The molecule has 538 valence electrons. The number of esters is 2. The van der Waals surface area contributed by atoms with Gasteiger partial charge in [-0.05, 0) is 103 Å². The number of carbonyl (C=O) groups is 2. The molecule has 0 amide bonds. The predicted octanol–water partition coefficient (Wildman–Crippen LogP) is 28.8. The number of rotatable bonds is 74. The molecule has 0 aromatic rings. The Bertz CT molecular complexity index is 1920. The van der Waals surface area contributed by atoms with Crippen LogP contribution in [0.25, 0.3) is 0 Å². The van der Waals surface area contributed by atoms with Crippen molar-refractivity contribution in [2.75, 3.05) is 13.2 Å². The van der Waals surface area contributed by atoms with Crippen molar-refractivity contribution in [1.29, 1.82) is 0 Å².